The highest BCUT2D eigenvalue weighted by molar-refractivity contribution is 7.71. The summed E-state index contributed by atoms with van der Waals surface area (Å²) in [6.07, 6.45) is 8.79. The molecule has 1 fully saturated rings. The Hall–Kier alpha value is -1.55. The summed E-state index contributed by atoms with van der Waals surface area (Å²) in [5, 5.41) is 0. The molecule has 0 aromatic carbocycles. The molecule has 2 aromatic rings. The number of nitrogens with zero attached hydrogens (tertiary/aromatic N) is 2. The average Bonchev–Trinajstić information content (AvgIpc) is 2.92. The molecule has 3 nitrogen and oxygen atoms in total. The van der Waals surface area contributed by atoms with Crippen LogP contribution in [0.2, 0.25) is 0 Å². The lowest BCUT2D eigenvalue weighted by atomic mass is 10.0. The van der Waals surface area contributed by atoms with Gasteiger partial charge in [-0.3, -0.25) is 4.98 Å². The molecule has 0 bridgehead atoms. The van der Waals surface area contributed by atoms with Crippen LogP contribution in [0.5, 0.6) is 0 Å². The molecule has 98 valence electrons. The van der Waals surface area contributed by atoms with Gasteiger partial charge in [0, 0.05) is 23.7 Å². The first-order chi connectivity index (χ1) is 9.24. The molecule has 1 N–H and O–H groups in total. The van der Waals surface area contributed by atoms with Crippen molar-refractivity contribution in [2.45, 2.75) is 38.5 Å². The maximum atomic E-state index is 5.32. The monoisotopic (exact) mass is 271 g/mol. The highest BCUT2D eigenvalue weighted by Gasteiger charge is 2.18. The van der Waals surface area contributed by atoms with E-state index in [1.807, 2.05) is 25.3 Å². The third-order valence-electron chi connectivity index (χ3n) is 3.83. The van der Waals surface area contributed by atoms with E-state index in [1.165, 1.54) is 31.4 Å². The number of H-pyrrole nitrogens is 1. The van der Waals surface area contributed by atoms with Crippen LogP contribution < -0.4 is 0 Å². The van der Waals surface area contributed by atoms with Crippen LogP contribution in [-0.2, 0) is 0 Å². The lowest BCUT2D eigenvalue weighted by Crippen LogP contribution is -2.01. The molecular formula is C15H17N3S. The van der Waals surface area contributed by atoms with E-state index in [2.05, 4.69) is 15.0 Å². The fourth-order valence-corrected chi connectivity index (χ4v) is 3.02. The molecule has 0 aliphatic heterocycles. The number of rotatable bonds is 2. The third kappa shape index (κ3) is 2.59. The summed E-state index contributed by atoms with van der Waals surface area (Å²) in [6.45, 7) is 2.04. The Morgan fingerprint density at radius 1 is 1.32 bits per heavy atom. The van der Waals surface area contributed by atoms with E-state index in [4.69, 9.17) is 12.2 Å². The molecule has 0 saturated heterocycles. The molecule has 0 unspecified atom stereocenters. The SMILES string of the molecule is Cc1cnccc1-c1nc(=S)cc(C2CCCC2)[nH]1. The predicted molar refractivity (Wildman–Crippen MR) is 78.6 cm³/mol. The van der Waals surface area contributed by atoms with E-state index < -0.39 is 0 Å². The van der Waals surface area contributed by atoms with Crippen LogP contribution in [0.15, 0.2) is 24.5 Å². The van der Waals surface area contributed by atoms with Gasteiger partial charge in [-0.05, 0) is 43.4 Å². The van der Waals surface area contributed by atoms with Crippen molar-refractivity contribution in [2.24, 2.45) is 0 Å². The van der Waals surface area contributed by atoms with Gasteiger partial charge >= 0.3 is 0 Å². The van der Waals surface area contributed by atoms with E-state index >= 15 is 0 Å². The predicted octanol–water partition coefficient (Wildman–Crippen LogP) is 4.17. The maximum absolute atomic E-state index is 5.32. The smallest absolute Gasteiger partial charge is 0.139 e. The highest BCUT2D eigenvalue weighted by atomic mass is 32.1. The normalized spacial score (nSPS) is 15.8. The van der Waals surface area contributed by atoms with Crippen molar-refractivity contribution in [1.29, 1.82) is 0 Å². The van der Waals surface area contributed by atoms with Gasteiger partial charge < -0.3 is 4.98 Å². The summed E-state index contributed by atoms with van der Waals surface area (Å²) in [5.74, 6) is 1.49. The van der Waals surface area contributed by atoms with E-state index in [0.717, 1.165) is 17.0 Å². The second kappa shape index (κ2) is 5.21. The van der Waals surface area contributed by atoms with E-state index in [-0.39, 0.29) is 0 Å². The lowest BCUT2D eigenvalue weighted by Gasteiger charge is -2.12. The summed E-state index contributed by atoms with van der Waals surface area (Å²) in [7, 11) is 0. The summed E-state index contributed by atoms with van der Waals surface area (Å²) < 4.78 is 0.673. The minimum absolute atomic E-state index is 0.616. The first-order valence-electron chi connectivity index (χ1n) is 6.76. The summed E-state index contributed by atoms with van der Waals surface area (Å²) in [4.78, 5) is 12.1. The van der Waals surface area contributed by atoms with Gasteiger partial charge in [-0.2, -0.15) is 0 Å². The van der Waals surface area contributed by atoms with E-state index in [1.54, 1.807) is 6.20 Å². The van der Waals surface area contributed by atoms with E-state index in [0.29, 0.717) is 10.6 Å². The Balaban J connectivity index is 2.07. The largest absolute Gasteiger partial charge is 0.343 e. The fraction of sp³-hybridized carbons (Fsp3) is 0.400. The van der Waals surface area contributed by atoms with Crippen LogP contribution in [0, 0.1) is 11.6 Å². The van der Waals surface area contributed by atoms with Crippen LogP contribution in [0.25, 0.3) is 11.4 Å². The molecule has 1 aliphatic carbocycles. The summed E-state index contributed by atoms with van der Waals surface area (Å²) in [5.41, 5.74) is 3.44. The second-order valence-electron chi connectivity index (χ2n) is 5.20. The Labute approximate surface area is 118 Å². The maximum Gasteiger partial charge on any atom is 0.139 e. The number of aryl methyl sites for hydroxylation is 1. The van der Waals surface area contributed by atoms with Crippen molar-refractivity contribution in [3.63, 3.8) is 0 Å². The molecule has 1 aliphatic rings. The zero-order valence-corrected chi connectivity index (χ0v) is 11.8. The second-order valence-corrected chi connectivity index (χ2v) is 5.61. The van der Waals surface area contributed by atoms with Crippen LogP contribution in [0.1, 0.15) is 42.9 Å². The van der Waals surface area contributed by atoms with Crippen molar-refractivity contribution in [3.05, 3.63) is 40.4 Å². The van der Waals surface area contributed by atoms with Gasteiger partial charge in [-0.1, -0.05) is 25.1 Å². The molecular weight excluding hydrogens is 254 g/mol. The minimum Gasteiger partial charge on any atom is -0.343 e. The Kier molecular flexibility index (Phi) is 3.42. The molecule has 2 heterocycles. The van der Waals surface area contributed by atoms with Crippen molar-refractivity contribution in [2.75, 3.05) is 0 Å². The molecule has 0 amide bonds. The third-order valence-corrected chi connectivity index (χ3v) is 4.04. The number of pyridine rings is 1. The van der Waals surface area contributed by atoms with E-state index in [9.17, 15) is 0 Å². The van der Waals surface area contributed by atoms with Crippen molar-refractivity contribution >= 4 is 12.2 Å². The van der Waals surface area contributed by atoms with Crippen LogP contribution in [-0.4, -0.2) is 15.0 Å². The molecule has 19 heavy (non-hydrogen) atoms. The first-order valence-corrected chi connectivity index (χ1v) is 7.17. The average molecular weight is 271 g/mol. The lowest BCUT2D eigenvalue weighted by molar-refractivity contribution is 0.694. The number of aromatic nitrogens is 3. The molecule has 2 aromatic heterocycles. The van der Waals surface area contributed by atoms with Gasteiger partial charge in [0.25, 0.3) is 0 Å². The standard InChI is InChI=1S/C15H17N3S/c1-10-9-16-7-6-12(10)15-17-13(8-14(19)18-15)11-4-2-3-5-11/h6-9,11H,2-5H2,1H3,(H,17,18,19). The molecule has 3 rings (SSSR count). The van der Waals surface area contributed by atoms with Gasteiger partial charge in [0.05, 0.1) is 0 Å². The molecule has 0 radical (unpaired) electrons. The molecule has 0 atom stereocenters. The number of nitrogens with one attached hydrogen (secondary N) is 1. The summed E-state index contributed by atoms with van der Waals surface area (Å²) in [6, 6.07) is 4.01. The first kappa shape index (κ1) is 12.5. The zero-order chi connectivity index (χ0) is 13.2. The van der Waals surface area contributed by atoms with Gasteiger partial charge in [0.1, 0.15) is 10.5 Å². The molecule has 1 saturated carbocycles. The zero-order valence-electron chi connectivity index (χ0n) is 11.0. The number of hydrogen-bond acceptors (Lipinski definition) is 3. The number of aromatic amines is 1. The van der Waals surface area contributed by atoms with Crippen molar-refractivity contribution in [1.82, 2.24) is 15.0 Å². The van der Waals surface area contributed by atoms with Crippen molar-refractivity contribution in [3.8, 4) is 11.4 Å². The number of hydrogen-bond donors (Lipinski definition) is 1. The Bertz CT molecular complexity index is 642. The van der Waals surface area contributed by atoms with Crippen LogP contribution >= 0.6 is 12.2 Å². The van der Waals surface area contributed by atoms with Crippen molar-refractivity contribution < 1.29 is 0 Å². The molecule has 0 spiro atoms. The minimum atomic E-state index is 0.616. The summed E-state index contributed by atoms with van der Waals surface area (Å²) >= 11 is 5.32. The fourth-order valence-electron chi connectivity index (χ4n) is 2.80. The van der Waals surface area contributed by atoms with Gasteiger partial charge in [-0.15, -0.1) is 0 Å². The topological polar surface area (TPSA) is 41.6 Å². The molecule has 4 heteroatoms. The Morgan fingerprint density at radius 2 is 2.11 bits per heavy atom. The highest BCUT2D eigenvalue weighted by Crippen LogP contribution is 2.33. The van der Waals surface area contributed by atoms with Gasteiger partial charge in [0.2, 0.25) is 0 Å². The van der Waals surface area contributed by atoms with Crippen LogP contribution in [0.3, 0.4) is 0 Å². The quantitative estimate of drug-likeness (QED) is 0.834. The van der Waals surface area contributed by atoms with Gasteiger partial charge in [-0.25, -0.2) is 4.98 Å². The Morgan fingerprint density at radius 3 is 2.84 bits per heavy atom. The van der Waals surface area contributed by atoms with Crippen LogP contribution in [0.4, 0.5) is 0 Å². The van der Waals surface area contributed by atoms with Gasteiger partial charge in [0.15, 0.2) is 0 Å².